The third-order valence-corrected chi connectivity index (χ3v) is 8.12. The van der Waals surface area contributed by atoms with Gasteiger partial charge in [0.25, 0.3) is 0 Å². The second kappa shape index (κ2) is 11.0. The molecule has 39 heavy (non-hydrogen) atoms. The zero-order chi connectivity index (χ0) is 26.9. The first kappa shape index (κ1) is 25.9. The van der Waals surface area contributed by atoms with Gasteiger partial charge in [0.2, 0.25) is 0 Å². The van der Waals surface area contributed by atoms with Crippen molar-refractivity contribution >= 4 is 57.4 Å². The van der Waals surface area contributed by atoms with Crippen molar-refractivity contribution in [2.45, 2.75) is 45.7 Å². The highest BCUT2D eigenvalue weighted by Gasteiger charge is 2.29. The molecule has 8 heteroatoms. The van der Waals surface area contributed by atoms with E-state index < -0.39 is 0 Å². The van der Waals surface area contributed by atoms with Crippen LogP contribution in [0, 0.1) is 0 Å². The summed E-state index contributed by atoms with van der Waals surface area (Å²) >= 11 is 18.4. The number of nitrogens with one attached hydrogen (secondary N) is 2. The van der Waals surface area contributed by atoms with E-state index in [0.29, 0.717) is 16.6 Å². The van der Waals surface area contributed by atoms with Crippen LogP contribution >= 0.6 is 35.4 Å². The van der Waals surface area contributed by atoms with Crippen LogP contribution in [0.15, 0.2) is 72.8 Å². The van der Waals surface area contributed by atoms with Crippen LogP contribution < -0.4 is 10.6 Å². The SMILES string of the molecule is CCc1ccc(NC(=S)c2c(-c3ccc(Cl)cc3)c3c4n(c(CNc5ccc(Cl)cc5)nn24)CCCC3)cc1. The molecular weight excluding hydrogens is 545 g/mol. The van der Waals surface area contributed by atoms with Crippen LogP contribution in [0.5, 0.6) is 0 Å². The normalized spacial score (nSPS) is 12.9. The molecule has 0 aliphatic carbocycles. The highest BCUT2D eigenvalue weighted by atomic mass is 35.5. The smallest absolute Gasteiger partial charge is 0.150 e. The second-order valence-electron chi connectivity index (χ2n) is 9.83. The van der Waals surface area contributed by atoms with Crippen LogP contribution in [0.4, 0.5) is 11.4 Å². The predicted molar refractivity (Wildman–Crippen MR) is 166 cm³/mol. The van der Waals surface area contributed by atoms with Gasteiger partial charge in [0, 0.05) is 39.1 Å². The van der Waals surface area contributed by atoms with E-state index in [0.717, 1.165) is 76.9 Å². The van der Waals surface area contributed by atoms with E-state index in [9.17, 15) is 0 Å². The molecule has 0 saturated heterocycles. The summed E-state index contributed by atoms with van der Waals surface area (Å²) in [4.78, 5) is 0.646. The number of hydrogen-bond acceptors (Lipinski definition) is 3. The zero-order valence-corrected chi connectivity index (χ0v) is 24.0. The molecule has 0 bridgehead atoms. The van der Waals surface area contributed by atoms with Gasteiger partial charge in [-0.15, -0.1) is 0 Å². The summed E-state index contributed by atoms with van der Waals surface area (Å²) in [5.74, 6) is 0.974. The number of anilines is 2. The Morgan fingerprint density at radius 3 is 2.26 bits per heavy atom. The number of halogens is 2. The summed E-state index contributed by atoms with van der Waals surface area (Å²) in [7, 11) is 0. The molecule has 0 fully saturated rings. The van der Waals surface area contributed by atoms with Crippen molar-refractivity contribution in [3.63, 3.8) is 0 Å². The van der Waals surface area contributed by atoms with Crippen molar-refractivity contribution < 1.29 is 0 Å². The Morgan fingerprint density at radius 1 is 0.897 bits per heavy atom. The fraction of sp³-hybridized carbons (Fsp3) is 0.226. The zero-order valence-electron chi connectivity index (χ0n) is 21.7. The van der Waals surface area contributed by atoms with Crippen molar-refractivity contribution in [3.05, 3.63) is 105 Å². The maximum Gasteiger partial charge on any atom is 0.150 e. The molecular formula is C31H29Cl2N5S. The number of benzene rings is 3. The lowest BCUT2D eigenvalue weighted by atomic mass is 9.98. The molecule has 2 N–H and O–H groups in total. The third kappa shape index (κ3) is 5.17. The Hall–Kier alpha value is -3.32. The topological polar surface area (TPSA) is 46.3 Å². The average Bonchev–Trinajstić information content (AvgIpc) is 3.35. The molecule has 0 spiro atoms. The minimum atomic E-state index is 0.594. The van der Waals surface area contributed by atoms with Gasteiger partial charge >= 0.3 is 0 Å². The van der Waals surface area contributed by atoms with Crippen molar-refractivity contribution in [1.29, 1.82) is 0 Å². The maximum absolute atomic E-state index is 6.27. The van der Waals surface area contributed by atoms with Gasteiger partial charge in [-0.3, -0.25) is 0 Å². The van der Waals surface area contributed by atoms with Crippen LogP contribution in [-0.4, -0.2) is 19.2 Å². The van der Waals surface area contributed by atoms with Gasteiger partial charge < -0.3 is 15.2 Å². The van der Waals surface area contributed by atoms with Gasteiger partial charge in [-0.2, -0.15) is 5.10 Å². The molecule has 5 aromatic rings. The van der Waals surface area contributed by atoms with E-state index in [2.05, 4.69) is 63.0 Å². The summed E-state index contributed by atoms with van der Waals surface area (Å²) in [5.41, 5.74) is 8.78. The van der Waals surface area contributed by atoms with Crippen LogP contribution in [0.3, 0.4) is 0 Å². The van der Waals surface area contributed by atoms with Gasteiger partial charge in [-0.1, -0.05) is 66.6 Å². The van der Waals surface area contributed by atoms with Crippen LogP contribution in [0.2, 0.25) is 10.0 Å². The molecule has 0 radical (unpaired) electrons. The maximum atomic E-state index is 6.27. The van der Waals surface area contributed by atoms with Crippen molar-refractivity contribution in [1.82, 2.24) is 14.2 Å². The minimum Gasteiger partial charge on any atom is -0.378 e. The highest BCUT2D eigenvalue weighted by molar-refractivity contribution is 7.81. The molecule has 3 aromatic carbocycles. The molecule has 1 aliphatic heterocycles. The standard InChI is InChI=1S/C31H29Cl2N5S/c1-2-20-6-14-25(15-7-20)35-30(39)29-28(21-8-10-22(32)11-9-21)26-5-3-4-18-37-27(36-38(29)31(26)37)19-34-24-16-12-23(33)13-17-24/h6-17,34H,2-5,18-19H2,1H3,(H,35,39). The highest BCUT2D eigenvalue weighted by Crippen LogP contribution is 2.38. The van der Waals surface area contributed by atoms with E-state index >= 15 is 0 Å². The second-order valence-corrected chi connectivity index (χ2v) is 11.1. The quantitative estimate of drug-likeness (QED) is 0.192. The van der Waals surface area contributed by atoms with Gasteiger partial charge in [0.15, 0.2) is 5.82 Å². The van der Waals surface area contributed by atoms with Gasteiger partial charge in [0.05, 0.1) is 6.54 Å². The van der Waals surface area contributed by atoms with Crippen molar-refractivity contribution in [2.24, 2.45) is 0 Å². The third-order valence-electron chi connectivity index (χ3n) is 7.32. The van der Waals surface area contributed by atoms with Gasteiger partial charge in [0.1, 0.15) is 16.3 Å². The molecule has 198 valence electrons. The minimum absolute atomic E-state index is 0.594. The molecule has 0 unspecified atom stereocenters. The number of hydrogen-bond donors (Lipinski definition) is 2. The molecule has 0 saturated carbocycles. The van der Waals surface area contributed by atoms with E-state index in [1.54, 1.807) is 0 Å². The molecule has 0 atom stereocenters. The fourth-order valence-corrected chi connectivity index (χ4v) is 5.89. The summed E-state index contributed by atoms with van der Waals surface area (Å²) in [5, 5.41) is 13.6. The molecule has 2 aromatic heterocycles. The monoisotopic (exact) mass is 573 g/mol. The molecule has 5 nitrogen and oxygen atoms in total. The van der Waals surface area contributed by atoms with E-state index in [1.807, 2.05) is 36.4 Å². The Kier molecular flexibility index (Phi) is 7.34. The summed E-state index contributed by atoms with van der Waals surface area (Å²) in [6.45, 7) is 3.66. The lowest BCUT2D eigenvalue weighted by Gasteiger charge is -2.12. The van der Waals surface area contributed by atoms with E-state index in [-0.39, 0.29) is 0 Å². The van der Waals surface area contributed by atoms with E-state index in [1.165, 1.54) is 11.1 Å². The van der Waals surface area contributed by atoms with E-state index in [4.69, 9.17) is 40.5 Å². The molecule has 0 amide bonds. The van der Waals surface area contributed by atoms with Crippen LogP contribution in [0.1, 0.15) is 42.4 Å². The fourth-order valence-electron chi connectivity index (χ4n) is 5.34. The summed E-state index contributed by atoms with van der Waals surface area (Å²) < 4.78 is 4.41. The molecule has 6 rings (SSSR count). The number of rotatable bonds is 7. The number of nitrogens with zero attached hydrogens (tertiary/aromatic N) is 3. The molecule has 3 heterocycles. The Bertz CT molecular complexity index is 1630. The largest absolute Gasteiger partial charge is 0.378 e. The van der Waals surface area contributed by atoms with Gasteiger partial charge in [-0.25, -0.2) is 4.52 Å². The Morgan fingerprint density at radius 2 is 1.56 bits per heavy atom. The number of thiocarbonyl (C=S) groups is 1. The first-order valence-electron chi connectivity index (χ1n) is 13.3. The lowest BCUT2D eigenvalue weighted by molar-refractivity contribution is 0.619. The van der Waals surface area contributed by atoms with Crippen LogP contribution in [0.25, 0.3) is 16.8 Å². The molecule has 1 aliphatic rings. The first-order valence-corrected chi connectivity index (χ1v) is 14.5. The predicted octanol–water partition coefficient (Wildman–Crippen LogP) is 8.41. The summed E-state index contributed by atoms with van der Waals surface area (Å²) in [6.07, 6.45) is 4.16. The lowest BCUT2D eigenvalue weighted by Crippen LogP contribution is -2.15. The summed E-state index contributed by atoms with van der Waals surface area (Å²) in [6, 6.07) is 24.2. The first-order chi connectivity index (χ1) is 19.0. The Balaban J connectivity index is 1.46. The Labute approximate surface area is 243 Å². The van der Waals surface area contributed by atoms with Crippen molar-refractivity contribution in [3.8, 4) is 11.1 Å². The van der Waals surface area contributed by atoms with Crippen LogP contribution in [-0.2, 0) is 25.9 Å². The number of aryl methyl sites for hydroxylation is 3. The average molecular weight is 575 g/mol. The van der Waals surface area contributed by atoms with Crippen molar-refractivity contribution in [2.75, 3.05) is 10.6 Å². The van der Waals surface area contributed by atoms with Gasteiger partial charge in [-0.05, 0) is 85.3 Å². The number of aromatic nitrogens is 3.